The minimum Gasteiger partial charge on any atom is -0.393 e. The third-order valence-corrected chi connectivity index (χ3v) is 4.06. The van der Waals surface area contributed by atoms with Crippen LogP contribution in [-0.2, 0) is 0 Å². The van der Waals surface area contributed by atoms with Crippen LogP contribution in [0.25, 0.3) is 0 Å². The Kier molecular flexibility index (Phi) is 2.04. The molecule has 1 aliphatic rings. The van der Waals surface area contributed by atoms with Crippen LogP contribution in [0.3, 0.4) is 0 Å². The van der Waals surface area contributed by atoms with Crippen LogP contribution >= 0.6 is 0 Å². The third-order valence-electron chi connectivity index (χ3n) is 4.06. The number of aliphatic hydroxyl groups excluding tert-OH is 1. The first-order chi connectivity index (χ1) is 4.90. The van der Waals surface area contributed by atoms with Crippen LogP contribution < -0.4 is 0 Å². The van der Waals surface area contributed by atoms with Crippen molar-refractivity contribution in [3.8, 4) is 0 Å². The van der Waals surface area contributed by atoms with E-state index in [4.69, 9.17) is 0 Å². The zero-order valence-corrected chi connectivity index (χ0v) is 8.15. The number of hydrogen-bond acceptors (Lipinski definition) is 1. The van der Waals surface area contributed by atoms with Crippen LogP contribution in [0.1, 0.15) is 47.0 Å². The molecule has 11 heavy (non-hydrogen) atoms. The van der Waals surface area contributed by atoms with E-state index < -0.39 is 0 Å². The molecule has 1 saturated carbocycles. The molecule has 1 aliphatic carbocycles. The van der Waals surface area contributed by atoms with Crippen molar-refractivity contribution in [2.24, 2.45) is 10.8 Å². The predicted molar refractivity (Wildman–Crippen MR) is 47.4 cm³/mol. The maximum Gasteiger partial charge on any atom is 0.0568 e. The Bertz CT molecular complexity index is 143. The molecule has 66 valence electrons. The Morgan fingerprint density at radius 3 is 1.91 bits per heavy atom. The lowest BCUT2D eigenvalue weighted by atomic mass is 9.54. The summed E-state index contributed by atoms with van der Waals surface area (Å²) < 4.78 is 0. The lowest BCUT2D eigenvalue weighted by Gasteiger charge is -2.52. The summed E-state index contributed by atoms with van der Waals surface area (Å²) in [5.74, 6) is 0. The largest absolute Gasteiger partial charge is 0.393 e. The van der Waals surface area contributed by atoms with Gasteiger partial charge in [0.05, 0.1) is 6.10 Å². The van der Waals surface area contributed by atoms with E-state index in [0.29, 0.717) is 5.41 Å². The molecule has 0 aromatic rings. The van der Waals surface area contributed by atoms with E-state index in [9.17, 15) is 5.11 Å². The first-order valence-electron chi connectivity index (χ1n) is 4.58. The summed E-state index contributed by atoms with van der Waals surface area (Å²) in [7, 11) is 0. The Balaban J connectivity index is 2.70. The Morgan fingerprint density at radius 1 is 1.36 bits per heavy atom. The third kappa shape index (κ3) is 1.20. The zero-order valence-electron chi connectivity index (χ0n) is 8.15. The molecular weight excluding hydrogens is 136 g/mol. The summed E-state index contributed by atoms with van der Waals surface area (Å²) in [6, 6.07) is 0. The average molecular weight is 156 g/mol. The minimum atomic E-state index is -0.187. The maximum atomic E-state index is 9.58. The average Bonchev–Trinajstić information content (AvgIpc) is 1.82. The van der Waals surface area contributed by atoms with Crippen molar-refractivity contribution in [3.05, 3.63) is 0 Å². The lowest BCUT2D eigenvalue weighted by molar-refractivity contribution is -0.0787. The Hall–Kier alpha value is -0.0400. The van der Waals surface area contributed by atoms with Crippen LogP contribution in [0, 0.1) is 10.8 Å². The van der Waals surface area contributed by atoms with Crippen molar-refractivity contribution in [1.29, 1.82) is 0 Å². The van der Waals surface area contributed by atoms with E-state index >= 15 is 0 Å². The summed E-state index contributed by atoms with van der Waals surface area (Å²) >= 11 is 0. The van der Waals surface area contributed by atoms with Gasteiger partial charge in [-0.3, -0.25) is 0 Å². The van der Waals surface area contributed by atoms with Crippen molar-refractivity contribution in [2.45, 2.75) is 53.1 Å². The topological polar surface area (TPSA) is 20.2 Å². The second-order valence-corrected chi connectivity index (χ2v) is 4.81. The first-order valence-corrected chi connectivity index (χ1v) is 4.58. The quantitative estimate of drug-likeness (QED) is 0.651. The molecule has 1 atom stereocenters. The summed E-state index contributed by atoms with van der Waals surface area (Å²) in [6.45, 7) is 8.56. The monoisotopic (exact) mass is 156 g/mol. The van der Waals surface area contributed by atoms with Gasteiger partial charge < -0.3 is 5.11 Å². The highest BCUT2D eigenvalue weighted by Crippen LogP contribution is 2.54. The van der Waals surface area contributed by atoms with Gasteiger partial charge in [-0.1, -0.05) is 27.2 Å². The molecule has 1 unspecified atom stereocenters. The maximum absolute atomic E-state index is 9.58. The summed E-state index contributed by atoms with van der Waals surface area (Å²) in [5.41, 5.74) is 0.479. The van der Waals surface area contributed by atoms with Gasteiger partial charge >= 0.3 is 0 Å². The molecule has 0 aliphatic heterocycles. The number of rotatable bonds is 2. The van der Waals surface area contributed by atoms with Crippen molar-refractivity contribution in [2.75, 3.05) is 0 Å². The highest BCUT2D eigenvalue weighted by atomic mass is 16.3. The Labute approximate surface area is 69.8 Å². The van der Waals surface area contributed by atoms with E-state index in [1.807, 2.05) is 6.92 Å². The van der Waals surface area contributed by atoms with Gasteiger partial charge in [-0.15, -0.1) is 0 Å². The molecule has 0 saturated heterocycles. The molecule has 0 aromatic heterocycles. The van der Waals surface area contributed by atoms with Gasteiger partial charge in [0.2, 0.25) is 0 Å². The van der Waals surface area contributed by atoms with Crippen LogP contribution in [0.5, 0.6) is 0 Å². The van der Waals surface area contributed by atoms with Gasteiger partial charge in [0.15, 0.2) is 0 Å². The molecule has 0 aromatic carbocycles. The highest BCUT2D eigenvalue weighted by molar-refractivity contribution is 4.97. The van der Waals surface area contributed by atoms with E-state index in [-0.39, 0.29) is 11.5 Å². The van der Waals surface area contributed by atoms with E-state index in [1.54, 1.807) is 0 Å². The van der Waals surface area contributed by atoms with Crippen molar-refractivity contribution >= 4 is 0 Å². The standard InChI is InChI=1S/C10H20O/c1-8(11)9(2,3)10(4)6-5-7-10/h8,11H,5-7H2,1-4H3. The molecule has 1 fully saturated rings. The predicted octanol–water partition coefficient (Wildman–Crippen LogP) is 2.58. The SMILES string of the molecule is CC(O)C(C)(C)C1(C)CCC1. The molecule has 0 amide bonds. The summed E-state index contributed by atoms with van der Waals surface area (Å²) in [5, 5.41) is 9.58. The fraction of sp³-hybridized carbons (Fsp3) is 1.00. The van der Waals surface area contributed by atoms with E-state index in [2.05, 4.69) is 20.8 Å². The number of aliphatic hydroxyl groups is 1. The van der Waals surface area contributed by atoms with Crippen molar-refractivity contribution in [1.82, 2.24) is 0 Å². The van der Waals surface area contributed by atoms with Gasteiger partial charge in [-0.2, -0.15) is 0 Å². The van der Waals surface area contributed by atoms with Gasteiger partial charge in [-0.05, 0) is 30.6 Å². The van der Waals surface area contributed by atoms with Crippen molar-refractivity contribution in [3.63, 3.8) is 0 Å². The molecule has 0 bridgehead atoms. The lowest BCUT2D eigenvalue weighted by Crippen LogP contribution is -2.47. The Morgan fingerprint density at radius 2 is 1.82 bits per heavy atom. The van der Waals surface area contributed by atoms with Gasteiger partial charge in [0.25, 0.3) is 0 Å². The zero-order chi connectivity index (χ0) is 8.70. The molecule has 1 heteroatoms. The number of hydrogen-bond donors (Lipinski definition) is 1. The molecule has 0 heterocycles. The highest BCUT2D eigenvalue weighted by Gasteiger charge is 2.47. The molecule has 0 spiro atoms. The molecule has 0 radical (unpaired) electrons. The summed E-state index contributed by atoms with van der Waals surface area (Å²) in [6.07, 6.45) is 3.72. The van der Waals surface area contributed by atoms with E-state index in [0.717, 1.165) is 0 Å². The van der Waals surface area contributed by atoms with Crippen molar-refractivity contribution < 1.29 is 5.11 Å². The summed E-state index contributed by atoms with van der Waals surface area (Å²) in [4.78, 5) is 0. The van der Waals surface area contributed by atoms with E-state index in [1.165, 1.54) is 19.3 Å². The van der Waals surface area contributed by atoms with Gasteiger partial charge in [0.1, 0.15) is 0 Å². The fourth-order valence-corrected chi connectivity index (χ4v) is 1.86. The minimum absolute atomic E-state index is 0.0885. The fourth-order valence-electron chi connectivity index (χ4n) is 1.86. The smallest absolute Gasteiger partial charge is 0.0568 e. The van der Waals surface area contributed by atoms with Crippen LogP contribution in [0.4, 0.5) is 0 Å². The van der Waals surface area contributed by atoms with Crippen LogP contribution in [0.15, 0.2) is 0 Å². The molecule has 1 nitrogen and oxygen atoms in total. The first kappa shape index (κ1) is 9.05. The normalized spacial score (nSPS) is 25.9. The van der Waals surface area contributed by atoms with Crippen LogP contribution in [-0.4, -0.2) is 11.2 Å². The van der Waals surface area contributed by atoms with Gasteiger partial charge in [0, 0.05) is 0 Å². The molecular formula is C10H20O. The van der Waals surface area contributed by atoms with Crippen LogP contribution in [0.2, 0.25) is 0 Å². The van der Waals surface area contributed by atoms with Gasteiger partial charge in [-0.25, -0.2) is 0 Å². The second-order valence-electron chi connectivity index (χ2n) is 4.81. The molecule has 1 N–H and O–H groups in total. The second kappa shape index (κ2) is 2.48. The molecule has 1 rings (SSSR count).